The lowest BCUT2D eigenvalue weighted by atomic mass is 10.1. The summed E-state index contributed by atoms with van der Waals surface area (Å²) in [5.74, 6) is 0. The number of hydrogen-bond acceptors (Lipinski definition) is 6. The van der Waals surface area contributed by atoms with Gasteiger partial charge in [-0.1, -0.05) is 18.2 Å². The van der Waals surface area contributed by atoms with Crippen molar-refractivity contribution in [3.63, 3.8) is 0 Å². The zero-order valence-corrected chi connectivity index (χ0v) is 10.2. The fourth-order valence-corrected chi connectivity index (χ4v) is 1.62. The SMILES string of the molecule is NC[C@@H](O)[C@H](O)[C@@H](O)c1cnn(-c2ccccc2)n1. The summed E-state index contributed by atoms with van der Waals surface area (Å²) in [7, 11) is 0. The highest BCUT2D eigenvalue weighted by atomic mass is 16.4. The first-order valence-corrected chi connectivity index (χ1v) is 5.85. The monoisotopic (exact) mass is 264 g/mol. The molecule has 3 atom stereocenters. The Kier molecular flexibility index (Phi) is 4.23. The summed E-state index contributed by atoms with van der Waals surface area (Å²) < 4.78 is 0. The van der Waals surface area contributed by atoms with Crippen LogP contribution in [0.1, 0.15) is 11.8 Å². The zero-order chi connectivity index (χ0) is 13.8. The molecule has 2 aromatic rings. The van der Waals surface area contributed by atoms with Crippen LogP contribution in [0, 0.1) is 0 Å². The Morgan fingerprint density at radius 2 is 1.84 bits per heavy atom. The molecule has 0 saturated carbocycles. The molecule has 0 radical (unpaired) electrons. The molecule has 1 aromatic heterocycles. The van der Waals surface area contributed by atoms with Gasteiger partial charge in [-0.05, 0) is 12.1 Å². The number of hydrogen-bond donors (Lipinski definition) is 4. The van der Waals surface area contributed by atoms with E-state index >= 15 is 0 Å². The van der Waals surface area contributed by atoms with E-state index in [1.165, 1.54) is 11.0 Å². The number of para-hydroxylation sites is 1. The van der Waals surface area contributed by atoms with E-state index in [1.54, 1.807) is 12.1 Å². The molecule has 1 aromatic carbocycles. The molecular formula is C12H16N4O3. The van der Waals surface area contributed by atoms with Crippen LogP contribution < -0.4 is 5.73 Å². The zero-order valence-electron chi connectivity index (χ0n) is 10.2. The first-order valence-electron chi connectivity index (χ1n) is 5.85. The molecule has 0 saturated heterocycles. The Labute approximate surface area is 109 Å². The molecule has 0 aliphatic rings. The van der Waals surface area contributed by atoms with Crippen molar-refractivity contribution in [2.45, 2.75) is 18.3 Å². The third-order valence-electron chi connectivity index (χ3n) is 2.76. The van der Waals surface area contributed by atoms with Gasteiger partial charge in [0.25, 0.3) is 0 Å². The van der Waals surface area contributed by atoms with Crippen LogP contribution in [-0.4, -0.2) is 49.1 Å². The van der Waals surface area contributed by atoms with Gasteiger partial charge in [-0.2, -0.15) is 15.0 Å². The standard InChI is InChI=1S/C12H16N4O3/c13-6-10(17)12(19)11(18)9-7-14-16(15-9)8-4-2-1-3-5-8/h1-5,7,10-12,17-19H,6,13H2/t10-,11+,12+/m1/s1. The highest BCUT2D eigenvalue weighted by molar-refractivity contribution is 5.28. The molecule has 0 bridgehead atoms. The van der Waals surface area contributed by atoms with Gasteiger partial charge in [0, 0.05) is 6.54 Å². The molecule has 2 rings (SSSR count). The van der Waals surface area contributed by atoms with Crippen molar-refractivity contribution in [3.05, 3.63) is 42.2 Å². The van der Waals surface area contributed by atoms with Crippen molar-refractivity contribution in [2.24, 2.45) is 5.73 Å². The molecular weight excluding hydrogens is 248 g/mol. The minimum atomic E-state index is -1.40. The van der Waals surface area contributed by atoms with Crippen molar-refractivity contribution >= 4 is 0 Å². The summed E-state index contributed by atoms with van der Waals surface area (Å²) in [6.45, 7) is -0.148. The molecule has 0 aliphatic heterocycles. The van der Waals surface area contributed by atoms with Crippen LogP contribution in [0.2, 0.25) is 0 Å². The predicted molar refractivity (Wildman–Crippen MR) is 67.4 cm³/mol. The first-order chi connectivity index (χ1) is 9.13. The molecule has 7 heteroatoms. The van der Waals surface area contributed by atoms with Crippen molar-refractivity contribution in [1.29, 1.82) is 0 Å². The summed E-state index contributed by atoms with van der Waals surface area (Å²) in [4.78, 5) is 1.33. The number of benzene rings is 1. The van der Waals surface area contributed by atoms with Gasteiger partial charge in [-0.15, -0.1) is 0 Å². The van der Waals surface area contributed by atoms with Crippen LogP contribution in [0.15, 0.2) is 36.5 Å². The quantitative estimate of drug-likeness (QED) is 0.549. The van der Waals surface area contributed by atoms with Gasteiger partial charge in [-0.3, -0.25) is 0 Å². The summed E-state index contributed by atoms with van der Waals surface area (Å²) in [6.07, 6.45) is -2.61. The van der Waals surface area contributed by atoms with Crippen LogP contribution in [0.3, 0.4) is 0 Å². The lowest BCUT2D eigenvalue weighted by molar-refractivity contribution is -0.0582. The van der Waals surface area contributed by atoms with Crippen molar-refractivity contribution in [2.75, 3.05) is 6.54 Å². The van der Waals surface area contributed by atoms with E-state index in [4.69, 9.17) is 5.73 Å². The highest BCUT2D eigenvalue weighted by Gasteiger charge is 2.27. The van der Waals surface area contributed by atoms with Crippen LogP contribution in [-0.2, 0) is 0 Å². The normalized spacial score (nSPS) is 16.0. The lowest BCUT2D eigenvalue weighted by Gasteiger charge is -2.19. The largest absolute Gasteiger partial charge is 0.389 e. The van der Waals surface area contributed by atoms with Gasteiger partial charge >= 0.3 is 0 Å². The average Bonchev–Trinajstić information content (AvgIpc) is 2.95. The second kappa shape index (κ2) is 5.89. The van der Waals surface area contributed by atoms with E-state index in [-0.39, 0.29) is 12.2 Å². The number of nitrogens with zero attached hydrogens (tertiary/aromatic N) is 3. The van der Waals surface area contributed by atoms with Crippen LogP contribution >= 0.6 is 0 Å². The number of nitrogens with two attached hydrogens (primary N) is 1. The minimum Gasteiger partial charge on any atom is -0.389 e. The molecule has 0 aliphatic carbocycles. The summed E-state index contributed by atoms with van der Waals surface area (Å²) in [6, 6.07) is 9.15. The smallest absolute Gasteiger partial charge is 0.128 e. The van der Waals surface area contributed by atoms with Crippen molar-refractivity contribution in [1.82, 2.24) is 15.0 Å². The van der Waals surface area contributed by atoms with E-state index in [2.05, 4.69) is 10.2 Å². The maximum absolute atomic E-state index is 9.87. The molecule has 5 N–H and O–H groups in total. The third-order valence-corrected chi connectivity index (χ3v) is 2.76. The topological polar surface area (TPSA) is 117 Å². The number of aromatic nitrogens is 3. The lowest BCUT2D eigenvalue weighted by Crippen LogP contribution is -2.37. The van der Waals surface area contributed by atoms with Gasteiger partial charge in [0.05, 0.1) is 18.0 Å². The second-order valence-corrected chi connectivity index (χ2v) is 4.13. The molecule has 0 amide bonds. The van der Waals surface area contributed by atoms with Gasteiger partial charge in [-0.25, -0.2) is 0 Å². The molecule has 19 heavy (non-hydrogen) atoms. The van der Waals surface area contributed by atoms with E-state index < -0.39 is 18.3 Å². The number of aliphatic hydroxyl groups excluding tert-OH is 3. The van der Waals surface area contributed by atoms with Gasteiger partial charge in [0.15, 0.2) is 0 Å². The summed E-state index contributed by atoms with van der Waals surface area (Å²) >= 11 is 0. The van der Waals surface area contributed by atoms with E-state index in [9.17, 15) is 15.3 Å². The maximum Gasteiger partial charge on any atom is 0.128 e. The maximum atomic E-state index is 9.87. The molecule has 102 valence electrons. The molecule has 7 nitrogen and oxygen atoms in total. The van der Waals surface area contributed by atoms with E-state index in [0.29, 0.717) is 0 Å². The molecule has 0 unspecified atom stereocenters. The Bertz CT molecular complexity index is 517. The third kappa shape index (κ3) is 2.96. The minimum absolute atomic E-state index is 0.148. The van der Waals surface area contributed by atoms with Crippen LogP contribution in [0.25, 0.3) is 5.69 Å². The summed E-state index contributed by atoms with van der Waals surface area (Å²) in [5.41, 5.74) is 6.12. The number of rotatable bonds is 5. The van der Waals surface area contributed by atoms with Crippen LogP contribution in [0.4, 0.5) is 0 Å². The van der Waals surface area contributed by atoms with Crippen molar-refractivity contribution < 1.29 is 15.3 Å². The van der Waals surface area contributed by atoms with E-state index in [0.717, 1.165) is 5.69 Å². The number of aliphatic hydroxyl groups is 3. The fourth-order valence-electron chi connectivity index (χ4n) is 1.62. The summed E-state index contributed by atoms with van der Waals surface area (Å²) in [5, 5.41) is 37.0. The van der Waals surface area contributed by atoms with Crippen LogP contribution in [0.5, 0.6) is 0 Å². The average molecular weight is 264 g/mol. The fraction of sp³-hybridized carbons (Fsp3) is 0.333. The Balaban J connectivity index is 2.17. The van der Waals surface area contributed by atoms with E-state index in [1.807, 2.05) is 18.2 Å². The second-order valence-electron chi connectivity index (χ2n) is 4.13. The Morgan fingerprint density at radius 1 is 1.16 bits per heavy atom. The predicted octanol–water partition coefficient (Wildman–Crippen LogP) is -1.02. The molecule has 1 heterocycles. The first kappa shape index (κ1) is 13.6. The Morgan fingerprint density at radius 3 is 2.47 bits per heavy atom. The molecule has 0 fully saturated rings. The molecule has 0 spiro atoms. The van der Waals surface area contributed by atoms with Gasteiger partial charge < -0.3 is 21.1 Å². The van der Waals surface area contributed by atoms with Gasteiger partial charge in [0.1, 0.15) is 17.9 Å². The Hall–Kier alpha value is -1.80. The highest BCUT2D eigenvalue weighted by Crippen LogP contribution is 2.17. The van der Waals surface area contributed by atoms with Crippen molar-refractivity contribution in [3.8, 4) is 5.69 Å². The van der Waals surface area contributed by atoms with Gasteiger partial charge in [0.2, 0.25) is 0 Å².